The molecule has 2 aromatic carbocycles. The van der Waals surface area contributed by atoms with E-state index in [9.17, 15) is 27.6 Å². The molecule has 3 N–H and O–H groups in total. The topological polar surface area (TPSA) is 118 Å². The van der Waals surface area contributed by atoms with Crippen molar-refractivity contribution in [2.24, 2.45) is 5.10 Å². The summed E-state index contributed by atoms with van der Waals surface area (Å²) in [6.07, 6.45) is -3.44. The van der Waals surface area contributed by atoms with Crippen LogP contribution in [0.25, 0.3) is 0 Å². The van der Waals surface area contributed by atoms with Crippen molar-refractivity contribution in [2.75, 3.05) is 32.2 Å². The monoisotopic (exact) mass is 466 g/mol. The number of anilines is 1. The Bertz CT molecular complexity index is 1010. The number of carbonyl (C=O) groups is 3. The molecule has 3 amide bonds. The Morgan fingerprint density at radius 1 is 1.03 bits per heavy atom. The molecule has 0 unspecified atom stereocenters. The average Bonchev–Trinajstić information content (AvgIpc) is 2.78. The van der Waals surface area contributed by atoms with Crippen LogP contribution in [-0.2, 0) is 25.3 Å². The molecule has 0 fully saturated rings. The van der Waals surface area contributed by atoms with Crippen molar-refractivity contribution in [3.63, 3.8) is 0 Å². The Morgan fingerprint density at radius 2 is 1.73 bits per heavy atom. The number of para-hydroxylation sites is 2. The number of hydrogen-bond donors (Lipinski definition) is 3. The van der Waals surface area contributed by atoms with E-state index < -0.39 is 36.1 Å². The lowest BCUT2D eigenvalue weighted by molar-refractivity contribution is -0.139. The predicted molar refractivity (Wildman–Crippen MR) is 113 cm³/mol. The van der Waals surface area contributed by atoms with E-state index in [1.165, 1.54) is 31.5 Å². The van der Waals surface area contributed by atoms with E-state index in [1.54, 1.807) is 18.2 Å². The van der Waals surface area contributed by atoms with Gasteiger partial charge in [-0.2, -0.15) is 18.3 Å². The molecule has 0 atom stereocenters. The minimum absolute atomic E-state index is 0.151. The molecule has 176 valence electrons. The van der Waals surface area contributed by atoms with Crippen molar-refractivity contribution in [3.05, 3.63) is 59.7 Å². The molecule has 33 heavy (non-hydrogen) atoms. The van der Waals surface area contributed by atoms with Gasteiger partial charge in [-0.25, -0.2) is 5.43 Å². The van der Waals surface area contributed by atoms with E-state index in [0.29, 0.717) is 5.56 Å². The van der Waals surface area contributed by atoms with Gasteiger partial charge in [-0.15, -0.1) is 0 Å². The Morgan fingerprint density at radius 3 is 2.45 bits per heavy atom. The summed E-state index contributed by atoms with van der Waals surface area (Å²) in [5.74, 6) is -2.52. The van der Waals surface area contributed by atoms with E-state index in [1.807, 2.05) is 5.43 Å². The Kier molecular flexibility index (Phi) is 9.36. The van der Waals surface area contributed by atoms with Gasteiger partial charge in [0.05, 0.1) is 24.1 Å². The zero-order valence-electron chi connectivity index (χ0n) is 17.4. The third kappa shape index (κ3) is 8.26. The van der Waals surface area contributed by atoms with E-state index >= 15 is 0 Å². The van der Waals surface area contributed by atoms with Gasteiger partial charge in [-0.05, 0) is 24.3 Å². The summed E-state index contributed by atoms with van der Waals surface area (Å²) in [4.78, 5) is 35.3. The highest BCUT2D eigenvalue weighted by molar-refractivity contribution is 6.35. The summed E-state index contributed by atoms with van der Waals surface area (Å²) in [5, 5.41) is 8.15. The molecule has 0 spiro atoms. The number of hydrogen-bond acceptors (Lipinski definition) is 6. The van der Waals surface area contributed by atoms with Gasteiger partial charge < -0.3 is 20.1 Å². The van der Waals surface area contributed by atoms with Crippen LogP contribution in [0.15, 0.2) is 53.6 Å². The third-order valence-electron chi connectivity index (χ3n) is 3.95. The van der Waals surface area contributed by atoms with Gasteiger partial charge in [0.1, 0.15) is 5.75 Å². The summed E-state index contributed by atoms with van der Waals surface area (Å²) < 4.78 is 49.3. The number of halogens is 3. The van der Waals surface area contributed by atoms with Gasteiger partial charge in [-0.3, -0.25) is 14.4 Å². The number of alkyl halides is 3. The van der Waals surface area contributed by atoms with Crippen molar-refractivity contribution in [1.29, 1.82) is 0 Å². The molecule has 0 radical (unpaired) electrons. The molecule has 0 heterocycles. The summed E-state index contributed by atoms with van der Waals surface area (Å²) >= 11 is 0. The van der Waals surface area contributed by atoms with Crippen molar-refractivity contribution in [3.8, 4) is 5.75 Å². The van der Waals surface area contributed by atoms with Crippen molar-refractivity contribution in [2.45, 2.75) is 6.18 Å². The van der Waals surface area contributed by atoms with Crippen LogP contribution in [0.5, 0.6) is 5.75 Å². The van der Waals surface area contributed by atoms with Gasteiger partial charge >= 0.3 is 18.0 Å². The zero-order valence-corrected chi connectivity index (χ0v) is 17.4. The van der Waals surface area contributed by atoms with Crippen LogP contribution in [0.1, 0.15) is 11.1 Å². The molecule has 0 bridgehead atoms. The number of nitrogens with zero attached hydrogens (tertiary/aromatic N) is 1. The maximum Gasteiger partial charge on any atom is 0.418 e. The standard InChI is InChI=1S/C21H21F3N4O5/c1-32-11-10-25-19(30)20(31)28-26-12-14-6-2-5-9-17(14)33-13-18(29)27-16-8-4-3-7-15(16)21(22,23)24/h2-9,12H,10-11,13H2,1H3,(H,25,30)(H,27,29)(H,28,31)/b26-12-. The number of rotatable bonds is 9. The fraction of sp³-hybridized carbons (Fsp3) is 0.238. The molecular weight excluding hydrogens is 445 g/mol. The first-order chi connectivity index (χ1) is 15.7. The molecule has 0 aliphatic rings. The average molecular weight is 466 g/mol. The van der Waals surface area contributed by atoms with E-state index in [2.05, 4.69) is 15.7 Å². The van der Waals surface area contributed by atoms with Crippen LogP contribution in [-0.4, -0.2) is 50.8 Å². The number of ether oxygens (including phenoxy) is 2. The molecule has 2 aromatic rings. The number of methoxy groups -OCH3 is 1. The van der Waals surface area contributed by atoms with Gasteiger partial charge in [0, 0.05) is 19.2 Å². The third-order valence-corrected chi connectivity index (χ3v) is 3.95. The van der Waals surface area contributed by atoms with E-state index in [4.69, 9.17) is 9.47 Å². The summed E-state index contributed by atoms with van der Waals surface area (Å²) in [6.45, 7) is -0.188. The Hall–Kier alpha value is -3.93. The summed E-state index contributed by atoms with van der Waals surface area (Å²) in [7, 11) is 1.45. The first-order valence-corrected chi connectivity index (χ1v) is 9.50. The SMILES string of the molecule is COCCNC(=O)C(=O)N/N=C\c1ccccc1OCC(=O)Nc1ccccc1C(F)(F)F. The number of amides is 3. The smallest absolute Gasteiger partial charge is 0.418 e. The van der Waals surface area contributed by atoms with Crippen LogP contribution >= 0.6 is 0 Å². The molecule has 2 rings (SSSR count). The molecule has 12 heteroatoms. The summed E-state index contributed by atoms with van der Waals surface area (Å²) in [5.41, 5.74) is 1.02. The second kappa shape index (κ2) is 12.2. The highest BCUT2D eigenvalue weighted by atomic mass is 19.4. The first kappa shape index (κ1) is 25.3. The van der Waals surface area contributed by atoms with Crippen molar-refractivity contribution in [1.82, 2.24) is 10.7 Å². The maximum atomic E-state index is 13.0. The Balaban J connectivity index is 1.94. The van der Waals surface area contributed by atoms with Gasteiger partial charge in [0.15, 0.2) is 6.61 Å². The van der Waals surface area contributed by atoms with Crippen LogP contribution in [0.3, 0.4) is 0 Å². The van der Waals surface area contributed by atoms with Gasteiger partial charge in [-0.1, -0.05) is 24.3 Å². The van der Waals surface area contributed by atoms with Gasteiger partial charge in [0.25, 0.3) is 5.91 Å². The fourth-order valence-electron chi connectivity index (χ4n) is 2.45. The lowest BCUT2D eigenvalue weighted by Crippen LogP contribution is -2.39. The maximum absolute atomic E-state index is 13.0. The lowest BCUT2D eigenvalue weighted by atomic mass is 10.1. The van der Waals surface area contributed by atoms with Gasteiger partial charge in [0.2, 0.25) is 0 Å². The molecule has 0 aliphatic heterocycles. The lowest BCUT2D eigenvalue weighted by Gasteiger charge is -2.14. The largest absolute Gasteiger partial charge is 0.483 e. The molecular formula is C21H21F3N4O5. The fourth-order valence-corrected chi connectivity index (χ4v) is 2.45. The summed E-state index contributed by atoms with van der Waals surface area (Å²) in [6, 6.07) is 10.9. The second-order valence-electron chi connectivity index (χ2n) is 6.37. The molecule has 0 saturated heterocycles. The zero-order chi connectivity index (χ0) is 24.3. The first-order valence-electron chi connectivity index (χ1n) is 9.50. The number of carbonyl (C=O) groups excluding carboxylic acids is 3. The minimum Gasteiger partial charge on any atom is -0.483 e. The highest BCUT2D eigenvalue weighted by Crippen LogP contribution is 2.34. The number of hydrazone groups is 1. The van der Waals surface area contributed by atoms with Crippen LogP contribution in [0.4, 0.5) is 18.9 Å². The van der Waals surface area contributed by atoms with Crippen LogP contribution in [0, 0.1) is 0 Å². The van der Waals surface area contributed by atoms with Crippen LogP contribution < -0.4 is 20.8 Å². The highest BCUT2D eigenvalue weighted by Gasteiger charge is 2.33. The normalized spacial score (nSPS) is 11.2. The van der Waals surface area contributed by atoms with Crippen LogP contribution in [0.2, 0.25) is 0 Å². The number of nitrogens with one attached hydrogen (secondary N) is 3. The molecule has 0 saturated carbocycles. The van der Waals surface area contributed by atoms with E-state index in [0.717, 1.165) is 12.1 Å². The second-order valence-corrected chi connectivity index (χ2v) is 6.37. The van der Waals surface area contributed by atoms with Crippen molar-refractivity contribution < 1.29 is 37.0 Å². The van der Waals surface area contributed by atoms with Crippen molar-refractivity contribution >= 4 is 29.6 Å². The molecule has 9 nitrogen and oxygen atoms in total. The molecule has 0 aliphatic carbocycles. The van der Waals surface area contributed by atoms with E-state index in [-0.39, 0.29) is 24.6 Å². The Labute approximate surface area is 186 Å². The molecule has 0 aromatic heterocycles. The predicted octanol–water partition coefficient (Wildman–Crippen LogP) is 1.94. The minimum atomic E-state index is -4.63. The number of benzene rings is 2. The quantitative estimate of drug-likeness (QED) is 0.226.